The number of nitrogens with one attached hydrogen (secondary N) is 3. The van der Waals surface area contributed by atoms with Crippen LogP contribution in [0.3, 0.4) is 0 Å². The molecule has 0 bridgehead atoms. The molecule has 0 radical (unpaired) electrons. The van der Waals surface area contributed by atoms with Crippen LogP contribution in [0.4, 0.5) is 11.4 Å². The lowest BCUT2D eigenvalue weighted by atomic mass is 10.0. The molecule has 0 unspecified atom stereocenters. The minimum atomic E-state index is -0.164. The quantitative estimate of drug-likeness (QED) is 0.496. The lowest BCUT2D eigenvalue weighted by molar-refractivity contribution is 0.101. The number of rotatable bonds is 5. The first-order valence-electron chi connectivity index (χ1n) is 11.3. The number of fused-ring (bicyclic) bond motifs is 3. The summed E-state index contributed by atoms with van der Waals surface area (Å²) in [7, 11) is 0. The molecule has 1 saturated heterocycles. The monoisotopic (exact) mass is 498 g/mol. The molecule has 34 heavy (non-hydrogen) atoms. The van der Waals surface area contributed by atoms with E-state index in [1.54, 1.807) is 6.07 Å². The second-order valence-corrected chi connectivity index (χ2v) is 9.40. The summed E-state index contributed by atoms with van der Waals surface area (Å²) in [4.78, 5) is 17.5. The van der Waals surface area contributed by atoms with Gasteiger partial charge in [0.15, 0.2) is 5.82 Å². The number of H-pyrrole nitrogens is 1. The van der Waals surface area contributed by atoms with E-state index < -0.39 is 0 Å². The van der Waals surface area contributed by atoms with Crippen molar-refractivity contribution in [2.45, 2.75) is 6.54 Å². The Morgan fingerprint density at radius 1 is 1.06 bits per heavy atom. The molecule has 2 aromatic carbocycles. The van der Waals surface area contributed by atoms with Crippen molar-refractivity contribution in [3.05, 3.63) is 69.5 Å². The molecule has 3 aliphatic heterocycles. The standard InChI is InChI=1S/C24H24Cl2N6O2/c25-16-1-6-19(26)15(13-16)14-31-8-7-27-23-22(31)21-20(29-32(21)23)24(33)28-17-2-4-18(5-3-17)30-9-11-34-12-10-30/h1-6,13,27,29H,7-12,14H2,(H,28,33). The van der Waals surface area contributed by atoms with Gasteiger partial charge in [0, 0.05) is 54.1 Å². The smallest absolute Gasteiger partial charge is 0.275 e. The van der Waals surface area contributed by atoms with Crippen molar-refractivity contribution < 1.29 is 9.53 Å². The highest BCUT2D eigenvalue weighted by Gasteiger charge is 2.40. The maximum atomic E-state index is 13.0. The zero-order valence-electron chi connectivity index (χ0n) is 18.4. The van der Waals surface area contributed by atoms with E-state index in [1.807, 2.05) is 41.1 Å². The molecule has 0 saturated carbocycles. The van der Waals surface area contributed by atoms with Gasteiger partial charge in [0.25, 0.3) is 5.91 Å². The van der Waals surface area contributed by atoms with Gasteiger partial charge in [-0.25, -0.2) is 4.68 Å². The number of carbonyl (C=O) groups is 1. The maximum absolute atomic E-state index is 13.0. The van der Waals surface area contributed by atoms with Gasteiger partial charge in [-0.15, -0.1) is 0 Å². The van der Waals surface area contributed by atoms with Crippen LogP contribution in [0.2, 0.25) is 10.0 Å². The molecule has 10 heteroatoms. The summed E-state index contributed by atoms with van der Waals surface area (Å²) in [5.41, 5.74) is 5.32. The van der Waals surface area contributed by atoms with Gasteiger partial charge >= 0.3 is 0 Å². The molecule has 3 aromatic rings. The molecule has 176 valence electrons. The van der Waals surface area contributed by atoms with Crippen molar-refractivity contribution in [1.29, 1.82) is 0 Å². The van der Waals surface area contributed by atoms with Gasteiger partial charge in [0.1, 0.15) is 17.1 Å². The number of carbonyl (C=O) groups excluding carboxylic acids is 1. The van der Waals surface area contributed by atoms with Crippen LogP contribution >= 0.6 is 23.2 Å². The average molecular weight is 499 g/mol. The molecule has 0 spiro atoms. The molecule has 1 amide bonds. The number of anilines is 2. The summed E-state index contributed by atoms with van der Waals surface area (Å²) in [5, 5.41) is 10.9. The highest BCUT2D eigenvalue weighted by atomic mass is 35.5. The number of hydrogen-bond donors (Lipinski definition) is 3. The van der Waals surface area contributed by atoms with Crippen molar-refractivity contribution >= 4 is 52.0 Å². The Bertz CT molecular complexity index is 1270. The summed E-state index contributed by atoms with van der Waals surface area (Å²) >= 11 is 12.6. The number of halogens is 2. The van der Waals surface area contributed by atoms with Crippen LogP contribution in [-0.2, 0) is 11.3 Å². The van der Waals surface area contributed by atoms with E-state index in [4.69, 9.17) is 27.9 Å². The van der Waals surface area contributed by atoms with Gasteiger partial charge in [0.05, 0.1) is 13.2 Å². The van der Waals surface area contributed by atoms with E-state index in [9.17, 15) is 4.79 Å². The topological polar surface area (TPSA) is 77.6 Å². The van der Waals surface area contributed by atoms with Gasteiger partial charge in [-0.2, -0.15) is 0 Å². The van der Waals surface area contributed by atoms with E-state index in [0.717, 1.165) is 73.5 Å². The zero-order chi connectivity index (χ0) is 23.2. The normalized spacial score (nSPS) is 17.1. The predicted molar refractivity (Wildman–Crippen MR) is 134 cm³/mol. The van der Waals surface area contributed by atoms with Crippen LogP contribution in [-0.4, -0.2) is 60.0 Å². The number of benzene rings is 2. The highest BCUT2D eigenvalue weighted by molar-refractivity contribution is 6.33. The number of ether oxygens (including phenoxy) is 1. The van der Waals surface area contributed by atoms with E-state index >= 15 is 0 Å². The van der Waals surface area contributed by atoms with E-state index in [2.05, 4.69) is 25.5 Å². The number of morpholine rings is 1. The van der Waals surface area contributed by atoms with E-state index in [1.165, 1.54) is 0 Å². The van der Waals surface area contributed by atoms with Crippen LogP contribution < -0.4 is 15.5 Å². The third-order valence-corrected chi connectivity index (χ3v) is 7.05. The molecule has 1 aromatic heterocycles. The second kappa shape index (κ2) is 8.61. The first-order chi connectivity index (χ1) is 16.6. The number of hydrogen-bond acceptors (Lipinski definition) is 5. The molecular weight excluding hydrogens is 475 g/mol. The van der Waals surface area contributed by atoms with Gasteiger partial charge in [0.2, 0.25) is 0 Å². The molecule has 6 rings (SSSR count). The number of aromatic amines is 1. The van der Waals surface area contributed by atoms with Crippen molar-refractivity contribution in [2.75, 3.05) is 49.6 Å². The van der Waals surface area contributed by atoms with Crippen molar-refractivity contribution in [1.82, 2.24) is 20.0 Å². The Morgan fingerprint density at radius 3 is 2.65 bits per heavy atom. The fraction of sp³-hybridized carbons (Fsp3) is 0.292. The molecule has 3 N–H and O–H groups in total. The lowest BCUT2D eigenvalue weighted by Gasteiger charge is -2.44. The predicted octanol–water partition coefficient (Wildman–Crippen LogP) is 3.91. The molecule has 3 aliphatic rings. The Balaban J connectivity index is 1.16. The largest absolute Gasteiger partial charge is 0.378 e. The molecule has 8 nitrogen and oxygen atoms in total. The van der Waals surface area contributed by atoms with E-state index in [0.29, 0.717) is 22.3 Å². The third kappa shape index (κ3) is 3.72. The van der Waals surface area contributed by atoms with E-state index in [-0.39, 0.29) is 5.91 Å². The maximum Gasteiger partial charge on any atom is 0.275 e. The van der Waals surface area contributed by atoms with Crippen molar-refractivity contribution in [3.8, 4) is 0 Å². The fourth-order valence-electron chi connectivity index (χ4n) is 4.68. The minimum absolute atomic E-state index is 0.164. The van der Waals surface area contributed by atoms with Crippen LogP contribution in [0.15, 0.2) is 42.5 Å². The Hall–Kier alpha value is -3.07. The van der Waals surface area contributed by atoms with Crippen LogP contribution in [0.1, 0.15) is 21.7 Å². The van der Waals surface area contributed by atoms with Crippen LogP contribution in [0.5, 0.6) is 0 Å². The number of aromatic nitrogens is 2. The molecule has 0 atom stereocenters. The second-order valence-electron chi connectivity index (χ2n) is 8.55. The molecule has 1 fully saturated rings. The lowest BCUT2D eigenvalue weighted by Crippen LogP contribution is -2.49. The van der Waals surface area contributed by atoms with Gasteiger partial charge < -0.3 is 25.2 Å². The number of amides is 1. The average Bonchev–Trinajstić information content (AvgIpc) is 2.83. The summed E-state index contributed by atoms with van der Waals surface area (Å²) in [6.45, 7) is 5.47. The SMILES string of the molecule is O=C(Nc1ccc(N2CCOCC2)cc1)c1[nH]n2c1C1=C2NCCN1Cc1cc(Cl)ccc1Cl. The molecular formula is C24H24Cl2N6O2. The van der Waals surface area contributed by atoms with Gasteiger partial charge in [-0.05, 0) is 48.0 Å². The third-order valence-electron chi connectivity index (χ3n) is 6.44. The van der Waals surface area contributed by atoms with Crippen LogP contribution in [0, 0.1) is 0 Å². The van der Waals surface area contributed by atoms with Gasteiger partial charge in [-0.1, -0.05) is 23.2 Å². The first kappa shape index (κ1) is 21.5. The summed E-state index contributed by atoms with van der Waals surface area (Å²) in [6.07, 6.45) is 0. The van der Waals surface area contributed by atoms with Crippen molar-refractivity contribution in [3.63, 3.8) is 0 Å². The summed E-state index contributed by atoms with van der Waals surface area (Å²) in [6, 6.07) is 13.4. The minimum Gasteiger partial charge on any atom is -0.378 e. The summed E-state index contributed by atoms with van der Waals surface area (Å²) < 4.78 is 7.33. The Labute approximate surface area is 207 Å². The Morgan fingerprint density at radius 2 is 1.85 bits per heavy atom. The molecule has 0 aliphatic carbocycles. The van der Waals surface area contributed by atoms with Gasteiger partial charge in [-0.3, -0.25) is 9.89 Å². The van der Waals surface area contributed by atoms with Crippen LogP contribution in [0.25, 0.3) is 11.5 Å². The Kier molecular flexibility index (Phi) is 5.44. The molecule has 4 heterocycles. The van der Waals surface area contributed by atoms with Crippen molar-refractivity contribution in [2.24, 2.45) is 0 Å². The highest BCUT2D eigenvalue weighted by Crippen LogP contribution is 2.41. The fourth-order valence-corrected chi connectivity index (χ4v) is 5.05. The summed E-state index contributed by atoms with van der Waals surface area (Å²) in [5.74, 6) is 0.814. The first-order valence-corrected chi connectivity index (χ1v) is 12.1. The number of nitrogens with zero attached hydrogens (tertiary/aromatic N) is 3. The zero-order valence-corrected chi connectivity index (χ0v) is 19.9.